The van der Waals surface area contributed by atoms with Gasteiger partial charge in [0, 0.05) is 17.4 Å². The quantitative estimate of drug-likeness (QED) is 0.927. The highest BCUT2D eigenvalue weighted by molar-refractivity contribution is 7.99. The summed E-state index contributed by atoms with van der Waals surface area (Å²) in [5.74, 6) is 1.23. The molecular weight excluding hydrogens is 296 g/mol. The number of thioether (sulfide) groups is 1. The first-order valence-corrected chi connectivity index (χ1v) is 8.85. The molecule has 1 aromatic rings. The van der Waals surface area contributed by atoms with E-state index in [1.165, 1.54) is 5.56 Å². The molecule has 22 heavy (non-hydrogen) atoms. The Morgan fingerprint density at radius 1 is 1.41 bits per heavy atom. The molecule has 0 radical (unpaired) electrons. The van der Waals surface area contributed by atoms with Crippen LogP contribution in [0.4, 0.5) is 5.69 Å². The molecule has 2 unspecified atom stereocenters. The van der Waals surface area contributed by atoms with E-state index in [1.807, 2.05) is 45.9 Å². The molecular formula is C17H24N2O2S. The number of aryl methyl sites for hydroxylation is 2. The molecule has 1 aliphatic heterocycles. The van der Waals surface area contributed by atoms with Crippen molar-refractivity contribution in [3.63, 3.8) is 0 Å². The Hall–Kier alpha value is -1.49. The van der Waals surface area contributed by atoms with Crippen LogP contribution in [0, 0.1) is 19.8 Å². The van der Waals surface area contributed by atoms with Gasteiger partial charge in [0.25, 0.3) is 0 Å². The fraction of sp³-hybridized carbons (Fsp3) is 0.529. The summed E-state index contributed by atoms with van der Waals surface area (Å²) < 4.78 is 0. The lowest BCUT2D eigenvalue weighted by Crippen LogP contribution is -2.46. The summed E-state index contributed by atoms with van der Waals surface area (Å²) in [6.45, 7) is 7.92. The van der Waals surface area contributed by atoms with Gasteiger partial charge < -0.3 is 10.2 Å². The van der Waals surface area contributed by atoms with E-state index in [0.29, 0.717) is 11.6 Å². The van der Waals surface area contributed by atoms with Crippen LogP contribution in [0.1, 0.15) is 31.4 Å². The highest BCUT2D eigenvalue weighted by Crippen LogP contribution is 2.25. The molecule has 1 aliphatic rings. The Bertz CT molecular complexity index is 574. The number of hydrogen-bond donors (Lipinski definition) is 1. The predicted molar refractivity (Wildman–Crippen MR) is 92.0 cm³/mol. The van der Waals surface area contributed by atoms with E-state index in [-0.39, 0.29) is 23.8 Å². The number of nitrogens with one attached hydrogen (secondary N) is 1. The minimum atomic E-state index is -0.368. The van der Waals surface area contributed by atoms with Gasteiger partial charge in [-0.2, -0.15) is 0 Å². The molecule has 2 rings (SSSR count). The van der Waals surface area contributed by atoms with Gasteiger partial charge in [0.05, 0.1) is 5.88 Å². The normalized spacial score (nSPS) is 19.1. The second-order valence-corrected chi connectivity index (χ2v) is 6.94. The average molecular weight is 320 g/mol. The molecule has 2 atom stereocenters. The highest BCUT2D eigenvalue weighted by Gasteiger charge is 2.36. The fourth-order valence-electron chi connectivity index (χ4n) is 2.50. The van der Waals surface area contributed by atoms with Gasteiger partial charge >= 0.3 is 0 Å². The van der Waals surface area contributed by atoms with Crippen molar-refractivity contribution < 1.29 is 9.59 Å². The summed E-state index contributed by atoms with van der Waals surface area (Å²) in [5, 5.41) is 2.97. The maximum absolute atomic E-state index is 12.6. The lowest BCUT2D eigenvalue weighted by molar-refractivity contribution is -0.139. The van der Waals surface area contributed by atoms with Crippen molar-refractivity contribution in [3.8, 4) is 0 Å². The van der Waals surface area contributed by atoms with Crippen LogP contribution in [0.3, 0.4) is 0 Å². The zero-order valence-electron chi connectivity index (χ0n) is 13.7. The molecule has 1 heterocycles. The monoisotopic (exact) mass is 320 g/mol. The Kier molecular flexibility index (Phi) is 5.51. The van der Waals surface area contributed by atoms with Crippen molar-refractivity contribution in [2.75, 3.05) is 16.9 Å². The molecule has 0 aromatic heterocycles. The SMILES string of the molecule is CCC(C)C(=O)N1CSCC1C(=O)Nc1ccc(C)cc1C. The van der Waals surface area contributed by atoms with E-state index in [0.717, 1.165) is 17.7 Å². The van der Waals surface area contributed by atoms with Gasteiger partial charge in [-0.05, 0) is 31.9 Å². The van der Waals surface area contributed by atoms with Crippen molar-refractivity contribution in [2.24, 2.45) is 5.92 Å². The van der Waals surface area contributed by atoms with Crippen LogP contribution in [0.15, 0.2) is 18.2 Å². The topological polar surface area (TPSA) is 49.4 Å². The lowest BCUT2D eigenvalue weighted by Gasteiger charge is -2.25. The summed E-state index contributed by atoms with van der Waals surface area (Å²) in [5.41, 5.74) is 3.03. The zero-order chi connectivity index (χ0) is 16.3. The van der Waals surface area contributed by atoms with Crippen LogP contribution in [0.5, 0.6) is 0 Å². The molecule has 0 bridgehead atoms. The smallest absolute Gasteiger partial charge is 0.248 e. The summed E-state index contributed by atoms with van der Waals surface area (Å²) in [7, 11) is 0. The standard InChI is InChI=1S/C17H24N2O2S/c1-5-12(3)17(21)19-10-22-9-15(19)16(20)18-14-7-6-11(2)8-13(14)4/h6-8,12,15H,5,9-10H2,1-4H3,(H,18,20). The van der Waals surface area contributed by atoms with Crippen molar-refractivity contribution in [1.29, 1.82) is 0 Å². The number of amides is 2. The van der Waals surface area contributed by atoms with Gasteiger partial charge in [-0.25, -0.2) is 0 Å². The number of benzene rings is 1. The molecule has 1 fully saturated rings. The third-order valence-electron chi connectivity index (χ3n) is 4.14. The van der Waals surface area contributed by atoms with E-state index in [9.17, 15) is 9.59 Å². The number of anilines is 1. The Balaban J connectivity index is 2.09. The lowest BCUT2D eigenvalue weighted by atomic mass is 10.1. The average Bonchev–Trinajstić information content (AvgIpc) is 2.98. The van der Waals surface area contributed by atoms with Crippen molar-refractivity contribution in [1.82, 2.24) is 4.90 Å². The molecule has 0 aliphatic carbocycles. The van der Waals surface area contributed by atoms with Gasteiger partial charge in [0.2, 0.25) is 11.8 Å². The minimum absolute atomic E-state index is 0.0323. The fourth-order valence-corrected chi connectivity index (χ4v) is 3.67. The van der Waals surface area contributed by atoms with Crippen LogP contribution in [-0.2, 0) is 9.59 Å². The first-order valence-electron chi connectivity index (χ1n) is 7.70. The molecule has 4 nitrogen and oxygen atoms in total. The first kappa shape index (κ1) is 16.9. The molecule has 1 aromatic carbocycles. The van der Waals surface area contributed by atoms with Crippen molar-refractivity contribution in [3.05, 3.63) is 29.3 Å². The molecule has 0 spiro atoms. The highest BCUT2D eigenvalue weighted by atomic mass is 32.2. The molecule has 5 heteroatoms. The largest absolute Gasteiger partial charge is 0.324 e. The summed E-state index contributed by atoms with van der Waals surface area (Å²) in [6.07, 6.45) is 0.797. The first-order chi connectivity index (χ1) is 10.4. The third-order valence-corrected chi connectivity index (χ3v) is 5.15. The van der Waals surface area contributed by atoms with Gasteiger partial charge in [0.1, 0.15) is 6.04 Å². The zero-order valence-corrected chi connectivity index (χ0v) is 14.5. The second kappa shape index (κ2) is 7.18. The molecule has 0 saturated carbocycles. The van der Waals surface area contributed by atoms with Gasteiger partial charge in [-0.15, -0.1) is 11.8 Å². The summed E-state index contributed by atoms with van der Waals surface area (Å²) in [4.78, 5) is 26.7. The number of carbonyl (C=O) groups is 2. The van der Waals surface area contributed by atoms with Crippen LogP contribution in [0.25, 0.3) is 0 Å². The van der Waals surface area contributed by atoms with Crippen LogP contribution in [-0.4, -0.2) is 34.4 Å². The van der Waals surface area contributed by atoms with E-state index in [1.54, 1.807) is 16.7 Å². The predicted octanol–water partition coefficient (Wildman–Crippen LogP) is 3.19. The Morgan fingerprint density at radius 2 is 2.14 bits per heavy atom. The van der Waals surface area contributed by atoms with Crippen molar-refractivity contribution in [2.45, 2.75) is 40.2 Å². The van der Waals surface area contributed by atoms with E-state index < -0.39 is 0 Å². The van der Waals surface area contributed by atoms with Crippen molar-refractivity contribution >= 4 is 29.3 Å². The summed E-state index contributed by atoms with van der Waals surface area (Å²) >= 11 is 1.64. The van der Waals surface area contributed by atoms with Crippen LogP contribution >= 0.6 is 11.8 Å². The van der Waals surface area contributed by atoms with Gasteiger partial charge in [0.15, 0.2) is 0 Å². The minimum Gasteiger partial charge on any atom is -0.324 e. The third kappa shape index (κ3) is 3.64. The second-order valence-electron chi connectivity index (χ2n) is 5.94. The molecule has 2 amide bonds. The number of carbonyl (C=O) groups excluding carboxylic acids is 2. The molecule has 1 saturated heterocycles. The van der Waals surface area contributed by atoms with E-state index >= 15 is 0 Å². The summed E-state index contributed by atoms with van der Waals surface area (Å²) in [6, 6.07) is 5.58. The van der Waals surface area contributed by atoms with E-state index in [4.69, 9.17) is 0 Å². The molecule has 1 N–H and O–H groups in total. The number of rotatable bonds is 4. The van der Waals surface area contributed by atoms with Crippen LogP contribution in [0.2, 0.25) is 0 Å². The Morgan fingerprint density at radius 3 is 2.77 bits per heavy atom. The number of hydrogen-bond acceptors (Lipinski definition) is 3. The number of nitrogens with zero attached hydrogens (tertiary/aromatic N) is 1. The Labute approximate surface area is 136 Å². The van der Waals surface area contributed by atoms with Crippen LogP contribution < -0.4 is 5.32 Å². The molecule has 120 valence electrons. The van der Waals surface area contributed by atoms with Gasteiger partial charge in [-0.1, -0.05) is 31.5 Å². The van der Waals surface area contributed by atoms with E-state index in [2.05, 4.69) is 5.32 Å². The maximum atomic E-state index is 12.6. The maximum Gasteiger partial charge on any atom is 0.248 e. The van der Waals surface area contributed by atoms with Gasteiger partial charge in [-0.3, -0.25) is 9.59 Å².